The molecule has 86 valence electrons. The highest BCUT2D eigenvalue weighted by atomic mass is 16.3. The van der Waals surface area contributed by atoms with Crippen LogP contribution in [0.2, 0.25) is 0 Å². The third-order valence-electron chi connectivity index (χ3n) is 2.50. The van der Waals surface area contributed by atoms with Crippen LogP contribution in [0.3, 0.4) is 0 Å². The Balaban J connectivity index is 2.52. The van der Waals surface area contributed by atoms with E-state index in [2.05, 4.69) is 10.3 Å². The number of nitrogens with zero attached hydrogens (tertiary/aromatic N) is 4. The van der Waals surface area contributed by atoms with E-state index in [4.69, 9.17) is 5.26 Å². The summed E-state index contributed by atoms with van der Waals surface area (Å²) in [6.45, 7) is 1.94. The summed E-state index contributed by atoms with van der Waals surface area (Å²) in [6, 6.07) is 9.83. The summed E-state index contributed by atoms with van der Waals surface area (Å²) in [5.41, 5.74) is 3.25. The van der Waals surface area contributed by atoms with E-state index in [1.54, 1.807) is 0 Å². The van der Waals surface area contributed by atoms with E-state index in [-0.39, 0.29) is 13.2 Å². The topological polar surface area (TPSA) is 74.7 Å². The van der Waals surface area contributed by atoms with E-state index < -0.39 is 0 Å². The van der Waals surface area contributed by atoms with Crippen molar-refractivity contribution in [2.45, 2.75) is 20.1 Å². The molecule has 0 radical (unpaired) electrons. The van der Waals surface area contributed by atoms with Gasteiger partial charge in [0.15, 0.2) is 0 Å². The molecule has 1 heterocycles. The SMILES string of the molecule is Cc1ccc(-c2c(CO)nnn2CC#N)cc1. The normalized spacial score (nSPS) is 10.2. The van der Waals surface area contributed by atoms with Crippen LogP contribution >= 0.6 is 0 Å². The minimum atomic E-state index is -0.186. The van der Waals surface area contributed by atoms with Crippen molar-refractivity contribution in [3.05, 3.63) is 35.5 Å². The fourth-order valence-electron chi connectivity index (χ4n) is 1.66. The van der Waals surface area contributed by atoms with Gasteiger partial charge in [0.2, 0.25) is 0 Å². The molecule has 0 aliphatic heterocycles. The maximum Gasteiger partial charge on any atom is 0.130 e. The molecule has 5 nitrogen and oxygen atoms in total. The minimum Gasteiger partial charge on any atom is -0.390 e. The van der Waals surface area contributed by atoms with Crippen LogP contribution in [0.5, 0.6) is 0 Å². The van der Waals surface area contributed by atoms with Crippen molar-refractivity contribution in [2.24, 2.45) is 0 Å². The zero-order valence-electron chi connectivity index (χ0n) is 9.46. The van der Waals surface area contributed by atoms with Crippen LogP contribution in [0.1, 0.15) is 11.3 Å². The maximum absolute atomic E-state index is 9.22. The molecule has 2 aromatic rings. The largest absolute Gasteiger partial charge is 0.390 e. The molecule has 0 aliphatic carbocycles. The first-order chi connectivity index (χ1) is 8.26. The fourth-order valence-corrected chi connectivity index (χ4v) is 1.66. The van der Waals surface area contributed by atoms with Crippen molar-refractivity contribution in [2.75, 3.05) is 0 Å². The van der Waals surface area contributed by atoms with Gasteiger partial charge < -0.3 is 5.11 Å². The highest BCUT2D eigenvalue weighted by Gasteiger charge is 2.13. The minimum absolute atomic E-state index is 0.121. The standard InChI is InChI=1S/C12H12N4O/c1-9-2-4-10(5-3-9)12-11(8-17)14-15-16(12)7-6-13/h2-5,17H,7-8H2,1H3. The highest BCUT2D eigenvalue weighted by molar-refractivity contribution is 5.62. The predicted octanol–water partition coefficient (Wildman–Crippen LogP) is 1.27. The van der Waals surface area contributed by atoms with Gasteiger partial charge in [0.1, 0.15) is 12.2 Å². The van der Waals surface area contributed by atoms with E-state index in [0.29, 0.717) is 11.4 Å². The second kappa shape index (κ2) is 4.76. The third-order valence-corrected chi connectivity index (χ3v) is 2.50. The lowest BCUT2D eigenvalue weighted by Gasteiger charge is -2.04. The van der Waals surface area contributed by atoms with Crippen molar-refractivity contribution in [3.8, 4) is 17.3 Å². The summed E-state index contributed by atoms with van der Waals surface area (Å²) in [7, 11) is 0. The third kappa shape index (κ3) is 2.17. The monoisotopic (exact) mass is 228 g/mol. The van der Waals surface area contributed by atoms with Crippen molar-refractivity contribution in [1.82, 2.24) is 15.0 Å². The summed E-state index contributed by atoms with van der Waals surface area (Å²) < 4.78 is 1.50. The van der Waals surface area contributed by atoms with Crippen LogP contribution in [-0.2, 0) is 13.2 Å². The lowest BCUT2D eigenvalue weighted by molar-refractivity contribution is 0.277. The predicted molar refractivity (Wildman–Crippen MR) is 61.7 cm³/mol. The number of aromatic nitrogens is 3. The smallest absolute Gasteiger partial charge is 0.130 e. The van der Waals surface area contributed by atoms with Gasteiger partial charge in [-0.2, -0.15) is 5.26 Å². The van der Waals surface area contributed by atoms with Gasteiger partial charge in [-0.15, -0.1) is 5.10 Å². The number of rotatable bonds is 3. The molecular weight excluding hydrogens is 216 g/mol. The molecule has 0 saturated carbocycles. The molecule has 5 heteroatoms. The van der Waals surface area contributed by atoms with Gasteiger partial charge in [-0.3, -0.25) is 0 Å². The van der Waals surface area contributed by atoms with E-state index in [1.807, 2.05) is 37.3 Å². The Bertz CT molecular complexity index is 551. The van der Waals surface area contributed by atoms with E-state index in [0.717, 1.165) is 11.1 Å². The molecule has 0 fully saturated rings. The molecule has 2 rings (SSSR count). The molecule has 1 aromatic carbocycles. The molecule has 0 unspecified atom stereocenters. The van der Waals surface area contributed by atoms with Gasteiger partial charge in [-0.1, -0.05) is 35.0 Å². The van der Waals surface area contributed by atoms with E-state index in [1.165, 1.54) is 4.68 Å². The van der Waals surface area contributed by atoms with E-state index in [9.17, 15) is 5.11 Å². The van der Waals surface area contributed by atoms with E-state index >= 15 is 0 Å². The quantitative estimate of drug-likeness (QED) is 0.858. The first kappa shape index (κ1) is 11.3. The van der Waals surface area contributed by atoms with Gasteiger partial charge in [0.05, 0.1) is 18.4 Å². The lowest BCUT2D eigenvalue weighted by atomic mass is 10.1. The molecule has 0 spiro atoms. The van der Waals surface area contributed by atoms with Crippen LogP contribution in [0, 0.1) is 18.3 Å². The van der Waals surface area contributed by atoms with Gasteiger partial charge in [-0.25, -0.2) is 4.68 Å². The number of aliphatic hydroxyl groups excluding tert-OH is 1. The first-order valence-electron chi connectivity index (χ1n) is 5.23. The van der Waals surface area contributed by atoms with Crippen molar-refractivity contribution in [3.63, 3.8) is 0 Å². The van der Waals surface area contributed by atoms with Crippen molar-refractivity contribution in [1.29, 1.82) is 5.26 Å². The summed E-state index contributed by atoms with van der Waals surface area (Å²) in [5.74, 6) is 0. The van der Waals surface area contributed by atoms with Gasteiger partial charge in [0.25, 0.3) is 0 Å². The number of nitriles is 1. The van der Waals surface area contributed by atoms with Gasteiger partial charge >= 0.3 is 0 Å². The Morgan fingerprint density at radius 1 is 1.35 bits per heavy atom. The fraction of sp³-hybridized carbons (Fsp3) is 0.250. The zero-order valence-corrected chi connectivity index (χ0v) is 9.46. The molecule has 1 N–H and O–H groups in total. The molecular formula is C12H12N4O. The summed E-state index contributed by atoms with van der Waals surface area (Å²) in [5, 5.41) is 25.7. The molecule has 1 aromatic heterocycles. The summed E-state index contributed by atoms with van der Waals surface area (Å²) in [4.78, 5) is 0. The number of aliphatic hydroxyl groups is 1. The van der Waals surface area contributed by atoms with Gasteiger partial charge in [0, 0.05) is 5.56 Å². The molecule has 0 aliphatic rings. The number of aryl methyl sites for hydroxylation is 1. The van der Waals surface area contributed by atoms with Crippen molar-refractivity contribution >= 4 is 0 Å². The molecule has 0 atom stereocenters. The maximum atomic E-state index is 9.22. The Labute approximate surface area is 98.9 Å². The Morgan fingerprint density at radius 2 is 2.06 bits per heavy atom. The second-order valence-electron chi connectivity index (χ2n) is 3.72. The molecule has 0 bridgehead atoms. The number of hydrogen-bond acceptors (Lipinski definition) is 4. The Kier molecular flexibility index (Phi) is 3.17. The van der Waals surface area contributed by atoms with Gasteiger partial charge in [-0.05, 0) is 6.92 Å². The van der Waals surface area contributed by atoms with Crippen LogP contribution in [0.4, 0.5) is 0 Å². The Hall–Kier alpha value is -2.19. The average molecular weight is 228 g/mol. The lowest BCUT2D eigenvalue weighted by Crippen LogP contribution is -2.01. The average Bonchev–Trinajstić information content (AvgIpc) is 2.74. The number of benzene rings is 1. The molecule has 0 saturated heterocycles. The van der Waals surface area contributed by atoms with Crippen LogP contribution < -0.4 is 0 Å². The van der Waals surface area contributed by atoms with Crippen LogP contribution in [0.15, 0.2) is 24.3 Å². The molecule has 0 amide bonds. The number of hydrogen-bond donors (Lipinski definition) is 1. The molecule has 17 heavy (non-hydrogen) atoms. The zero-order chi connectivity index (χ0) is 12.3. The van der Waals surface area contributed by atoms with Crippen molar-refractivity contribution < 1.29 is 5.11 Å². The summed E-state index contributed by atoms with van der Waals surface area (Å²) >= 11 is 0. The van der Waals surface area contributed by atoms with Crippen LogP contribution in [0.25, 0.3) is 11.3 Å². The Morgan fingerprint density at radius 3 is 2.65 bits per heavy atom. The second-order valence-corrected chi connectivity index (χ2v) is 3.72. The first-order valence-corrected chi connectivity index (χ1v) is 5.23. The highest BCUT2D eigenvalue weighted by Crippen LogP contribution is 2.22. The van der Waals surface area contributed by atoms with Crippen LogP contribution in [-0.4, -0.2) is 20.1 Å². The summed E-state index contributed by atoms with van der Waals surface area (Å²) in [6.07, 6.45) is 0.